The number of ether oxygens (including phenoxy) is 1. The molecule has 138 valence electrons. The summed E-state index contributed by atoms with van der Waals surface area (Å²) in [5.74, 6) is 1.20. The van der Waals surface area contributed by atoms with Crippen LogP contribution in [0.3, 0.4) is 0 Å². The number of anilines is 1. The molecule has 2 atom stereocenters. The Balaban J connectivity index is 1.46. The molecular formula is C19H24N4O3. The molecule has 1 aromatic carbocycles. The van der Waals surface area contributed by atoms with Crippen LogP contribution in [-0.4, -0.2) is 53.2 Å². The summed E-state index contributed by atoms with van der Waals surface area (Å²) in [5, 5.41) is 3.84. The number of hydrogen-bond donors (Lipinski definition) is 0. The topological polar surface area (TPSA) is 71.7 Å². The van der Waals surface area contributed by atoms with Gasteiger partial charge < -0.3 is 14.2 Å². The van der Waals surface area contributed by atoms with Crippen molar-refractivity contribution in [2.75, 3.05) is 31.1 Å². The second-order valence-electron chi connectivity index (χ2n) is 7.09. The van der Waals surface area contributed by atoms with Crippen molar-refractivity contribution in [1.82, 2.24) is 15.0 Å². The van der Waals surface area contributed by atoms with Crippen LogP contribution in [-0.2, 0) is 16.0 Å². The van der Waals surface area contributed by atoms with Gasteiger partial charge >= 0.3 is 0 Å². The van der Waals surface area contributed by atoms with E-state index in [2.05, 4.69) is 21.1 Å². The molecule has 7 nitrogen and oxygen atoms in total. The normalized spacial score (nSPS) is 23.7. The average molecular weight is 356 g/mol. The van der Waals surface area contributed by atoms with Gasteiger partial charge in [0.25, 0.3) is 5.89 Å². The number of morpholine rings is 1. The molecule has 2 aliphatic heterocycles. The molecule has 0 radical (unpaired) electrons. The zero-order valence-electron chi connectivity index (χ0n) is 15.2. The summed E-state index contributed by atoms with van der Waals surface area (Å²) in [6, 6.07) is 8.18. The molecule has 1 fully saturated rings. The van der Waals surface area contributed by atoms with Crippen LogP contribution in [0.1, 0.15) is 36.7 Å². The molecule has 0 aliphatic carbocycles. The molecule has 1 amide bonds. The Hall–Kier alpha value is -2.25. The molecule has 0 bridgehead atoms. The largest absolute Gasteiger partial charge is 0.363 e. The third kappa shape index (κ3) is 3.50. The highest BCUT2D eigenvalue weighted by atomic mass is 16.5. The molecule has 1 saturated heterocycles. The highest BCUT2D eigenvalue weighted by Crippen LogP contribution is 2.28. The van der Waals surface area contributed by atoms with Crippen molar-refractivity contribution < 1.29 is 14.1 Å². The van der Waals surface area contributed by atoms with Crippen LogP contribution in [0.25, 0.3) is 0 Å². The number of benzene rings is 1. The molecule has 7 heteroatoms. The first kappa shape index (κ1) is 17.2. The summed E-state index contributed by atoms with van der Waals surface area (Å²) >= 11 is 0. The van der Waals surface area contributed by atoms with Gasteiger partial charge in [-0.1, -0.05) is 23.4 Å². The van der Waals surface area contributed by atoms with Crippen molar-refractivity contribution in [2.24, 2.45) is 0 Å². The van der Waals surface area contributed by atoms with E-state index in [4.69, 9.17) is 9.26 Å². The fourth-order valence-electron chi connectivity index (χ4n) is 3.82. The predicted octanol–water partition coefficient (Wildman–Crippen LogP) is 2.12. The van der Waals surface area contributed by atoms with Gasteiger partial charge in [-0.25, -0.2) is 0 Å². The van der Waals surface area contributed by atoms with Crippen LogP contribution in [0.4, 0.5) is 5.69 Å². The van der Waals surface area contributed by atoms with E-state index in [1.54, 1.807) is 6.92 Å². The van der Waals surface area contributed by atoms with Crippen LogP contribution in [0.15, 0.2) is 28.8 Å². The number of aromatic nitrogens is 2. The average Bonchev–Trinajstić information content (AvgIpc) is 3.07. The maximum atomic E-state index is 13.0. The van der Waals surface area contributed by atoms with Gasteiger partial charge in [-0.3, -0.25) is 9.69 Å². The standard InChI is InChI=1S/C19H24N4O3/c1-13-10-22(11-17(25-13)19-20-14(2)21-26-19)12-18(24)23-9-5-7-15-6-3-4-8-16(15)23/h3-4,6,8,13,17H,5,7,9-12H2,1-2H3/t13-,17-/m1/s1. The van der Waals surface area contributed by atoms with Gasteiger partial charge in [0.1, 0.15) is 6.10 Å². The molecule has 2 aliphatic rings. The highest BCUT2D eigenvalue weighted by molar-refractivity contribution is 5.95. The van der Waals surface area contributed by atoms with Crippen molar-refractivity contribution in [3.05, 3.63) is 41.5 Å². The fraction of sp³-hybridized carbons (Fsp3) is 0.526. The van der Waals surface area contributed by atoms with E-state index in [1.807, 2.05) is 30.0 Å². The summed E-state index contributed by atoms with van der Waals surface area (Å²) in [4.78, 5) is 21.3. The predicted molar refractivity (Wildman–Crippen MR) is 95.9 cm³/mol. The Morgan fingerprint density at radius 2 is 2.15 bits per heavy atom. The molecule has 0 spiro atoms. The van der Waals surface area contributed by atoms with Gasteiger partial charge in [0.2, 0.25) is 5.91 Å². The maximum absolute atomic E-state index is 13.0. The number of para-hydroxylation sites is 1. The molecule has 0 N–H and O–H groups in total. The molecule has 1 aromatic heterocycles. The number of carbonyl (C=O) groups excluding carboxylic acids is 1. The fourth-order valence-corrected chi connectivity index (χ4v) is 3.82. The van der Waals surface area contributed by atoms with E-state index in [0.717, 1.165) is 25.1 Å². The van der Waals surface area contributed by atoms with Crippen molar-refractivity contribution in [2.45, 2.75) is 38.9 Å². The number of carbonyl (C=O) groups is 1. The number of fused-ring (bicyclic) bond motifs is 1. The van der Waals surface area contributed by atoms with Gasteiger partial charge in [-0.15, -0.1) is 0 Å². The van der Waals surface area contributed by atoms with Crippen LogP contribution >= 0.6 is 0 Å². The van der Waals surface area contributed by atoms with Crippen LogP contribution < -0.4 is 4.90 Å². The lowest BCUT2D eigenvalue weighted by molar-refractivity contribution is -0.125. The summed E-state index contributed by atoms with van der Waals surface area (Å²) in [5.41, 5.74) is 2.30. The summed E-state index contributed by atoms with van der Waals surface area (Å²) in [7, 11) is 0. The Kier molecular flexibility index (Phi) is 4.74. The molecular weight excluding hydrogens is 332 g/mol. The van der Waals surface area contributed by atoms with E-state index < -0.39 is 0 Å². The summed E-state index contributed by atoms with van der Waals surface area (Å²) in [6.07, 6.45) is 1.75. The van der Waals surface area contributed by atoms with E-state index in [9.17, 15) is 4.79 Å². The lowest BCUT2D eigenvalue weighted by atomic mass is 10.0. The number of rotatable bonds is 3. The lowest BCUT2D eigenvalue weighted by Gasteiger charge is -2.37. The molecule has 4 rings (SSSR count). The minimum atomic E-state index is -0.290. The van der Waals surface area contributed by atoms with E-state index in [-0.39, 0.29) is 18.1 Å². The SMILES string of the molecule is Cc1noc([C@H]2CN(CC(=O)N3CCCc4ccccc43)C[C@@H](C)O2)n1. The minimum absolute atomic E-state index is 0.00222. The van der Waals surface area contributed by atoms with Gasteiger partial charge in [-0.05, 0) is 38.3 Å². The molecule has 0 unspecified atom stereocenters. The van der Waals surface area contributed by atoms with Crippen LogP contribution in [0, 0.1) is 6.92 Å². The monoisotopic (exact) mass is 356 g/mol. The van der Waals surface area contributed by atoms with Crippen molar-refractivity contribution in [3.63, 3.8) is 0 Å². The zero-order valence-corrected chi connectivity index (χ0v) is 15.2. The Morgan fingerprint density at radius 3 is 2.96 bits per heavy atom. The van der Waals surface area contributed by atoms with Crippen LogP contribution in [0.2, 0.25) is 0 Å². The van der Waals surface area contributed by atoms with Gasteiger partial charge in [0, 0.05) is 25.3 Å². The van der Waals surface area contributed by atoms with E-state index >= 15 is 0 Å². The Morgan fingerprint density at radius 1 is 1.31 bits per heavy atom. The van der Waals surface area contributed by atoms with Crippen molar-refractivity contribution >= 4 is 11.6 Å². The molecule has 26 heavy (non-hydrogen) atoms. The Labute approximate surface area is 152 Å². The van der Waals surface area contributed by atoms with Crippen molar-refractivity contribution in [1.29, 1.82) is 0 Å². The third-order valence-electron chi connectivity index (χ3n) is 4.92. The zero-order chi connectivity index (χ0) is 18.1. The highest BCUT2D eigenvalue weighted by Gasteiger charge is 2.32. The van der Waals surface area contributed by atoms with E-state index in [0.29, 0.717) is 31.3 Å². The lowest BCUT2D eigenvalue weighted by Crippen LogP contribution is -2.49. The first-order valence-corrected chi connectivity index (χ1v) is 9.16. The smallest absolute Gasteiger partial charge is 0.257 e. The van der Waals surface area contributed by atoms with Gasteiger partial charge in [-0.2, -0.15) is 4.98 Å². The first-order valence-electron chi connectivity index (χ1n) is 9.16. The summed E-state index contributed by atoms with van der Waals surface area (Å²) in [6.45, 7) is 6.23. The first-order chi connectivity index (χ1) is 12.6. The minimum Gasteiger partial charge on any atom is -0.363 e. The van der Waals surface area contributed by atoms with Crippen LogP contribution in [0.5, 0.6) is 0 Å². The number of hydrogen-bond acceptors (Lipinski definition) is 6. The number of amides is 1. The Bertz CT molecular complexity index is 791. The quantitative estimate of drug-likeness (QED) is 0.839. The summed E-state index contributed by atoms with van der Waals surface area (Å²) < 4.78 is 11.2. The number of nitrogens with zero attached hydrogens (tertiary/aromatic N) is 4. The molecule has 2 aromatic rings. The van der Waals surface area contributed by atoms with Crippen molar-refractivity contribution in [3.8, 4) is 0 Å². The van der Waals surface area contributed by atoms with Gasteiger partial charge in [0.05, 0.1) is 12.6 Å². The second kappa shape index (κ2) is 7.17. The van der Waals surface area contributed by atoms with E-state index in [1.165, 1.54) is 5.56 Å². The molecule has 3 heterocycles. The third-order valence-corrected chi connectivity index (χ3v) is 4.92. The number of aryl methyl sites for hydroxylation is 2. The van der Waals surface area contributed by atoms with Gasteiger partial charge in [0.15, 0.2) is 5.82 Å². The maximum Gasteiger partial charge on any atom is 0.257 e. The molecule has 0 saturated carbocycles. The second-order valence-corrected chi connectivity index (χ2v) is 7.09.